The predicted octanol–water partition coefficient (Wildman–Crippen LogP) is 2.14. The van der Waals surface area contributed by atoms with E-state index in [1.165, 1.54) is 26.3 Å². The van der Waals surface area contributed by atoms with Gasteiger partial charge in [-0.05, 0) is 12.8 Å². The Kier molecular flexibility index (Phi) is 2.46. The molecule has 0 unspecified atom stereocenters. The lowest BCUT2D eigenvalue weighted by Gasteiger charge is -2.23. The molecule has 0 atom stereocenters. The molecular weight excluding hydrogens is 117 g/mol. The Morgan fingerprint density at radius 2 is 1.78 bits per heavy atom. The summed E-state index contributed by atoms with van der Waals surface area (Å²) in [6, 6.07) is 0.221. The third-order valence-electron chi connectivity index (χ3n) is 2.08. The molecule has 0 bridgehead atoms. The molecule has 1 fully saturated rings. The normalized spacial score (nSPS) is 23.0. The maximum absolute atomic E-state index is 12.4. The molecule has 0 N–H and O–H groups in total. The number of nitrogens with zero attached hydrogens (tertiary/aromatic N) is 1. The molecule has 0 aromatic carbocycles. The Balaban J connectivity index is 2.23. The van der Waals surface area contributed by atoms with Crippen LogP contribution in [0.5, 0.6) is 0 Å². The number of hydrogen-bond acceptors (Lipinski definition) is 1. The summed E-state index contributed by atoms with van der Waals surface area (Å²) in [5, 5.41) is 0.860. The molecule has 54 valence electrons. The van der Waals surface area contributed by atoms with E-state index in [4.69, 9.17) is 0 Å². The molecule has 0 radical (unpaired) electrons. The lowest BCUT2D eigenvalue weighted by molar-refractivity contribution is -0.00666. The molecule has 1 nitrogen and oxygen atoms in total. The Bertz CT molecular complexity index is 77.0. The SMILES string of the molecule is CN(F)C1CCCCC1. The smallest absolute Gasteiger partial charge is 0.0399 e. The van der Waals surface area contributed by atoms with Crippen LogP contribution in [0.15, 0.2) is 0 Å². The predicted molar refractivity (Wildman–Crippen MR) is 35.7 cm³/mol. The molecule has 9 heavy (non-hydrogen) atoms. The van der Waals surface area contributed by atoms with Gasteiger partial charge in [0.2, 0.25) is 0 Å². The molecule has 1 saturated carbocycles. The van der Waals surface area contributed by atoms with Crippen molar-refractivity contribution in [1.82, 2.24) is 5.12 Å². The first-order valence-electron chi connectivity index (χ1n) is 3.69. The van der Waals surface area contributed by atoms with Crippen LogP contribution in [-0.4, -0.2) is 18.2 Å². The highest BCUT2D eigenvalue weighted by Gasteiger charge is 2.16. The lowest BCUT2D eigenvalue weighted by atomic mass is 9.96. The zero-order valence-electron chi connectivity index (χ0n) is 5.94. The van der Waals surface area contributed by atoms with Crippen molar-refractivity contribution in [2.75, 3.05) is 7.05 Å². The van der Waals surface area contributed by atoms with Gasteiger partial charge in [-0.1, -0.05) is 19.3 Å². The van der Waals surface area contributed by atoms with Crippen molar-refractivity contribution in [3.8, 4) is 0 Å². The van der Waals surface area contributed by atoms with Gasteiger partial charge in [0.1, 0.15) is 0 Å². The van der Waals surface area contributed by atoms with E-state index in [1.807, 2.05) is 0 Å². The van der Waals surface area contributed by atoms with Crippen LogP contribution in [0.2, 0.25) is 0 Å². The summed E-state index contributed by atoms with van der Waals surface area (Å²) >= 11 is 0. The molecule has 0 aliphatic heterocycles. The lowest BCUT2D eigenvalue weighted by Crippen LogP contribution is -2.26. The highest BCUT2D eigenvalue weighted by atomic mass is 19.2. The van der Waals surface area contributed by atoms with Crippen molar-refractivity contribution in [3.05, 3.63) is 0 Å². The molecule has 1 aliphatic rings. The summed E-state index contributed by atoms with van der Waals surface area (Å²) < 4.78 is 12.4. The first kappa shape index (κ1) is 7.00. The van der Waals surface area contributed by atoms with Gasteiger partial charge in [-0.2, -0.15) is 0 Å². The van der Waals surface area contributed by atoms with Gasteiger partial charge in [0.05, 0.1) is 0 Å². The summed E-state index contributed by atoms with van der Waals surface area (Å²) in [6.07, 6.45) is 5.81. The second-order valence-electron chi connectivity index (χ2n) is 2.82. The second kappa shape index (κ2) is 3.16. The van der Waals surface area contributed by atoms with Gasteiger partial charge < -0.3 is 0 Å². The van der Waals surface area contributed by atoms with Crippen LogP contribution in [0.4, 0.5) is 4.48 Å². The van der Waals surface area contributed by atoms with E-state index in [2.05, 4.69) is 0 Å². The van der Waals surface area contributed by atoms with Crippen molar-refractivity contribution in [2.45, 2.75) is 38.1 Å². The minimum atomic E-state index is 0.221. The van der Waals surface area contributed by atoms with E-state index >= 15 is 0 Å². The van der Waals surface area contributed by atoms with Crippen LogP contribution >= 0.6 is 0 Å². The Morgan fingerprint density at radius 1 is 1.22 bits per heavy atom. The number of hydrogen-bond donors (Lipinski definition) is 0. The van der Waals surface area contributed by atoms with E-state index in [1.54, 1.807) is 0 Å². The van der Waals surface area contributed by atoms with E-state index < -0.39 is 0 Å². The molecule has 1 aliphatic carbocycles. The maximum Gasteiger partial charge on any atom is 0.0399 e. The van der Waals surface area contributed by atoms with Crippen LogP contribution in [0.25, 0.3) is 0 Å². The van der Waals surface area contributed by atoms with Crippen LogP contribution in [-0.2, 0) is 0 Å². The molecule has 0 saturated heterocycles. The van der Waals surface area contributed by atoms with Gasteiger partial charge in [-0.15, -0.1) is 9.60 Å². The van der Waals surface area contributed by atoms with E-state index in [-0.39, 0.29) is 6.04 Å². The van der Waals surface area contributed by atoms with Gasteiger partial charge in [0.25, 0.3) is 0 Å². The van der Waals surface area contributed by atoms with Gasteiger partial charge in [-0.3, -0.25) is 0 Å². The van der Waals surface area contributed by atoms with Gasteiger partial charge in [0.15, 0.2) is 0 Å². The fourth-order valence-electron chi connectivity index (χ4n) is 1.44. The first-order chi connectivity index (χ1) is 4.30. The number of halogens is 1. The molecule has 0 heterocycles. The van der Waals surface area contributed by atoms with Crippen molar-refractivity contribution in [1.29, 1.82) is 0 Å². The second-order valence-corrected chi connectivity index (χ2v) is 2.82. The molecule has 0 spiro atoms. The average molecular weight is 131 g/mol. The third kappa shape index (κ3) is 1.94. The van der Waals surface area contributed by atoms with E-state index in [0.717, 1.165) is 18.0 Å². The maximum atomic E-state index is 12.4. The zero-order valence-corrected chi connectivity index (χ0v) is 5.94. The van der Waals surface area contributed by atoms with E-state index in [0.29, 0.717) is 0 Å². The standard InChI is InChI=1S/C7H14FN/c1-9(8)7-5-3-2-4-6-7/h7H,2-6H2,1H3. The van der Waals surface area contributed by atoms with Crippen molar-refractivity contribution < 1.29 is 4.48 Å². The molecule has 2 heteroatoms. The monoisotopic (exact) mass is 131 g/mol. The minimum Gasteiger partial charge on any atom is -0.146 e. The minimum absolute atomic E-state index is 0.221. The summed E-state index contributed by atoms with van der Waals surface area (Å²) in [6.45, 7) is 0. The van der Waals surface area contributed by atoms with Crippen LogP contribution in [0.3, 0.4) is 0 Å². The molecule has 0 amide bonds. The van der Waals surface area contributed by atoms with Crippen LogP contribution in [0.1, 0.15) is 32.1 Å². The fourth-order valence-corrected chi connectivity index (χ4v) is 1.44. The summed E-state index contributed by atoms with van der Waals surface area (Å²) in [5.74, 6) is 0. The van der Waals surface area contributed by atoms with Gasteiger partial charge >= 0.3 is 0 Å². The van der Waals surface area contributed by atoms with E-state index in [9.17, 15) is 4.48 Å². The highest BCUT2D eigenvalue weighted by Crippen LogP contribution is 2.21. The topological polar surface area (TPSA) is 3.24 Å². The van der Waals surface area contributed by atoms with Crippen molar-refractivity contribution in [2.24, 2.45) is 0 Å². The Morgan fingerprint density at radius 3 is 2.11 bits per heavy atom. The summed E-state index contributed by atoms with van der Waals surface area (Å²) in [4.78, 5) is 0. The Hall–Kier alpha value is -0.110. The zero-order chi connectivity index (χ0) is 6.69. The van der Waals surface area contributed by atoms with Gasteiger partial charge in [0, 0.05) is 13.1 Å². The van der Waals surface area contributed by atoms with Crippen LogP contribution in [0, 0.1) is 0 Å². The third-order valence-corrected chi connectivity index (χ3v) is 2.08. The Labute approximate surface area is 55.8 Å². The molecule has 1 rings (SSSR count). The molecule has 0 aromatic heterocycles. The quantitative estimate of drug-likeness (QED) is 0.493. The molecule has 0 aromatic rings. The highest BCUT2D eigenvalue weighted by molar-refractivity contribution is 4.68. The van der Waals surface area contributed by atoms with Crippen molar-refractivity contribution in [3.63, 3.8) is 0 Å². The molecular formula is C7H14FN. The fraction of sp³-hybridized carbons (Fsp3) is 1.00. The first-order valence-corrected chi connectivity index (χ1v) is 3.69. The number of rotatable bonds is 1. The summed E-state index contributed by atoms with van der Waals surface area (Å²) in [7, 11) is 1.52. The average Bonchev–Trinajstić information content (AvgIpc) is 1.90. The van der Waals surface area contributed by atoms with Gasteiger partial charge in [-0.25, -0.2) is 0 Å². The van der Waals surface area contributed by atoms with Crippen molar-refractivity contribution >= 4 is 0 Å². The summed E-state index contributed by atoms with van der Waals surface area (Å²) in [5.41, 5.74) is 0. The largest absolute Gasteiger partial charge is 0.146 e. The van der Waals surface area contributed by atoms with Crippen LogP contribution < -0.4 is 0 Å².